The number of alkyl halides is 6. The van der Waals surface area contributed by atoms with Crippen molar-refractivity contribution in [3.8, 4) is 0 Å². The fourth-order valence-electron chi connectivity index (χ4n) is 1.04. The van der Waals surface area contributed by atoms with E-state index in [1.54, 1.807) is 5.43 Å². The maximum atomic E-state index is 12.3. The number of hydrogen-bond donors (Lipinski definition) is 2. The number of anilines is 1. The van der Waals surface area contributed by atoms with Gasteiger partial charge in [-0.15, -0.1) is 0 Å². The van der Waals surface area contributed by atoms with E-state index < -0.39 is 23.6 Å². The summed E-state index contributed by atoms with van der Waals surface area (Å²) in [5.41, 5.74) is -1.89. The lowest BCUT2D eigenvalue weighted by atomic mass is 10.2. The SMILES string of the molecule is NNc1ccc(C(F)(F)F)c(C(F)(F)F)[nH+]1.[Cl-]. The zero-order valence-corrected chi connectivity index (χ0v) is 8.63. The Bertz CT molecular complexity index is 388. The fourth-order valence-corrected chi connectivity index (χ4v) is 1.04. The number of nitrogen functional groups attached to an aromatic ring is 1. The molecule has 0 atom stereocenters. The summed E-state index contributed by atoms with van der Waals surface area (Å²) in [6, 6.07) is 1.06. The number of hydrazine groups is 1. The number of nitrogens with one attached hydrogen (secondary N) is 2. The Morgan fingerprint density at radius 3 is 1.88 bits per heavy atom. The molecule has 98 valence electrons. The maximum Gasteiger partial charge on any atom is 0.453 e. The van der Waals surface area contributed by atoms with E-state index in [-0.39, 0.29) is 18.2 Å². The lowest BCUT2D eigenvalue weighted by Crippen LogP contribution is -3.00. The molecule has 1 aromatic heterocycles. The van der Waals surface area contributed by atoms with Gasteiger partial charge < -0.3 is 12.4 Å². The summed E-state index contributed by atoms with van der Waals surface area (Å²) in [5, 5.41) is 0. The quantitative estimate of drug-likeness (QED) is 0.387. The second-order valence-corrected chi connectivity index (χ2v) is 2.80. The molecule has 0 saturated carbocycles. The first kappa shape index (κ1) is 15.8. The highest BCUT2D eigenvalue weighted by molar-refractivity contribution is 5.32. The molecule has 0 aromatic carbocycles. The van der Waals surface area contributed by atoms with E-state index in [1.807, 2.05) is 0 Å². The Morgan fingerprint density at radius 2 is 1.53 bits per heavy atom. The first-order chi connectivity index (χ1) is 7.16. The van der Waals surface area contributed by atoms with Gasteiger partial charge in [-0.05, 0) is 6.07 Å². The minimum absolute atomic E-state index is 0. The molecule has 0 bridgehead atoms. The monoisotopic (exact) mass is 281 g/mol. The Kier molecular flexibility index (Phi) is 4.61. The number of rotatable bonds is 1. The average molecular weight is 282 g/mol. The summed E-state index contributed by atoms with van der Waals surface area (Å²) >= 11 is 0. The van der Waals surface area contributed by atoms with Crippen LogP contribution in [-0.4, -0.2) is 0 Å². The first-order valence-electron chi connectivity index (χ1n) is 3.83. The van der Waals surface area contributed by atoms with Crippen molar-refractivity contribution in [2.24, 2.45) is 5.84 Å². The van der Waals surface area contributed by atoms with Crippen LogP contribution in [0.2, 0.25) is 0 Å². The summed E-state index contributed by atoms with van der Waals surface area (Å²) in [6.45, 7) is 0. The highest BCUT2D eigenvalue weighted by Gasteiger charge is 2.46. The molecule has 1 aromatic rings. The largest absolute Gasteiger partial charge is 1.00 e. The molecule has 0 fully saturated rings. The molecule has 10 heteroatoms. The Labute approximate surface area is 97.4 Å². The molecule has 0 aliphatic rings. The van der Waals surface area contributed by atoms with Crippen molar-refractivity contribution in [3.05, 3.63) is 23.4 Å². The molecule has 1 heterocycles. The van der Waals surface area contributed by atoms with Crippen molar-refractivity contribution in [3.63, 3.8) is 0 Å². The topological polar surface area (TPSA) is 52.2 Å². The molecule has 4 N–H and O–H groups in total. The number of nitrogens with two attached hydrogens (primary N) is 1. The van der Waals surface area contributed by atoms with Gasteiger partial charge in [-0.3, -0.25) is 0 Å². The van der Waals surface area contributed by atoms with E-state index in [2.05, 4.69) is 0 Å². The number of aromatic amines is 1. The minimum Gasteiger partial charge on any atom is -1.00 e. The molecule has 0 saturated heterocycles. The van der Waals surface area contributed by atoms with Gasteiger partial charge in [0.2, 0.25) is 5.69 Å². The third-order valence-electron chi connectivity index (χ3n) is 1.69. The Hall–Kier alpha value is -1.22. The number of halogens is 7. The highest BCUT2D eigenvalue weighted by atomic mass is 35.5. The van der Waals surface area contributed by atoms with Crippen molar-refractivity contribution in [2.45, 2.75) is 12.4 Å². The van der Waals surface area contributed by atoms with Crippen LogP contribution in [0.3, 0.4) is 0 Å². The van der Waals surface area contributed by atoms with Crippen LogP contribution in [0.25, 0.3) is 0 Å². The van der Waals surface area contributed by atoms with Crippen LogP contribution >= 0.6 is 0 Å². The van der Waals surface area contributed by atoms with Crippen molar-refractivity contribution < 1.29 is 43.7 Å². The zero-order valence-electron chi connectivity index (χ0n) is 7.88. The highest BCUT2D eigenvalue weighted by Crippen LogP contribution is 2.37. The average Bonchev–Trinajstić information content (AvgIpc) is 2.14. The van der Waals surface area contributed by atoms with Crippen LogP contribution in [0.15, 0.2) is 12.1 Å². The predicted octanol–water partition coefficient (Wildman–Crippen LogP) is -1.17. The third-order valence-corrected chi connectivity index (χ3v) is 1.69. The van der Waals surface area contributed by atoms with E-state index in [1.165, 1.54) is 4.98 Å². The first-order valence-corrected chi connectivity index (χ1v) is 3.83. The normalized spacial score (nSPS) is 11.9. The van der Waals surface area contributed by atoms with Crippen molar-refractivity contribution >= 4 is 5.82 Å². The van der Waals surface area contributed by atoms with Crippen molar-refractivity contribution in [1.82, 2.24) is 0 Å². The van der Waals surface area contributed by atoms with Crippen molar-refractivity contribution in [2.75, 3.05) is 5.43 Å². The van der Waals surface area contributed by atoms with Crippen LogP contribution in [0.5, 0.6) is 0 Å². The summed E-state index contributed by atoms with van der Waals surface area (Å²) < 4.78 is 73.6. The number of pyridine rings is 1. The van der Waals surface area contributed by atoms with Crippen LogP contribution in [0.4, 0.5) is 32.2 Å². The molecule has 3 nitrogen and oxygen atoms in total. The summed E-state index contributed by atoms with van der Waals surface area (Å²) in [7, 11) is 0. The number of H-pyrrole nitrogens is 1. The Morgan fingerprint density at radius 1 is 1.00 bits per heavy atom. The van der Waals surface area contributed by atoms with Crippen LogP contribution in [0, 0.1) is 0 Å². The second kappa shape index (κ2) is 4.96. The van der Waals surface area contributed by atoms with Gasteiger partial charge in [0.1, 0.15) is 5.56 Å². The Balaban J connectivity index is 0.00000256. The van der Waals surface area contributed by atoms with Gasteiger partial charge >= 0.3 is 12.4 Å². The van der Waals surface area contributed by atoms with Gasteiger partial charge in [-0.1, -0.05) is 0 Å². The lowest BCUT2D eigenvalue weighted by Gasteiger charge is -2.12. The molecule has 0 radical (unpaired) electrons. The van der Waals surface area contributed by atoms with Gasteiger partial charge in [0.25, 0.3) is 5.82 Å². The summed E-state index contributed by atoms with van der Waals surface area (Å²) in [6.07, 6.45) is -10.2. The maximum absolute atomic E-state index is 12.3. The zero-order chi connectivity index (χ0) is 12.6. The van der Waals surface area contributed by atoms with Crippen LogP contribution in [-0.2, 0) is 12.4 Å². The molecule has 0 aliphatic heterocycles. The predicted molar refractivity (Wildman–Crippen MR) is 40.8 cm³/mol. The van der Waals surface area contributed by atoms with E-state index >= 15 is 0 Å². The van der Waals surface area contributed by atoms with E-state index in [0.717, 1.165) is 6.07 Å². The van der Waals surface area contributed by atoms with E-state index in [4.69, 9.17) is 5.84 Å². The summed E-state index contributed by atoms with van der Waals surface area (Å²) in [4.78, 5) is 1.53. The van der Waals surface area contributed by atoms with Crippen molar-refractivity contribution in [1.29, 1.82) is 0 Å². The van der Waals surface area contributed by atoms with Gasteiger partial charge in [-0.2, -0.15) is 37.6 Å². The van der Waals surface area contributed by atoms with Crippen LogP contribution in [0.1, 0.15) is 11.3 Å². The molecular formula is C7H6ClF6N3. The lowest BCUT2D eigenvalue weighted by molar-refractivity contribution is -0.415. The minimum atomic E-state index is -5.14. The number of hydrogen-bond acceptors (Lipinski definition) is 2. The third kappa shape index (κ3) is 3.63. The second-order valence-electron chi connectivity index (χ2n) is 2.80. The van der Waals surface area contributed by atoms with E-state index in [9.17, 15) is 26.3 Å². The van der Waals surface area contributed by atoms with E-state index in [0.29, 0.717) is 6.07 Å². The standard InChI is InChI=1S/C7H5F6N3.ClH/c8-6(9,10)3-1-2-4(16-14)15-5(3)7(11,12)13;/h1-2H,14H2,(H,15,16);1H. The van der Waals surface area contributed by atoms with Gasteiger partial charge in [-0.25, -0.2) is 4.98 Å². The molecular weight excluding hydrogens is 276 g/mol. The molecule has 0 spiro atoms. The smallest absolute Gasteiger partial charge is 0.453 e. The number of aromatic nitrogens is 1. The molecule has 17 heavy (non-hydrogen) atoms. The van der Waals surface area contributed by atoms with Gasteiger partial charge in [0.15, 0.2) is 0 Å². The van der Waals surface area contributed by atoms with Crippen LogP contribution < -0.4 is 28.7 Å². The molecule has 0 unspecified atom stereocenters. The molecule has 0 amide bonds. The van der Waals surface area contributed by atoms with Gasteiger partial charge in [0.05, 0.1) is 0 Å². The molecule has 0 aliphatic carbocycles. The molecule has 1 rings (SSSR count). The summed E-state index contributed by atoms with van der Waals surface area (Å²) in [5.74, 6) is 4.42. The fraction of sp³-hybridized carbons (Fsp3) is 0.286. The van der Waals surface area contributed by atoms with Gasteiger partial charge in [0, 0.05) is 6.07 Å².